The van der Waals surface area contributed by atoms with Gasteiger partial charge in [0.05, 0.1) is 15.7 Å². The summed E-state index contributed by atoms with van der Waals surface area (Å²) < 4.78 is 26.8. The lowest BCUT2D eigenvalue weighted by Crippen LogP contribution is -2.13. The number of hydrogen-bond donors (Lipinski definition) is 1. The lowest BCUT2D eigenvalue weighted by Gasteiger charge is -2.11. The second kappa shape index (κ2) is 7.29. The molecule has 0 bridgehead atoms. The molecular formula is C18H13ClF2N2OS. The normalized spacial score (nSPS) is 10.7. The molecule has 0 saturated heterocycles. The van der Waals surface area contributed by atoms with E-state index >= 15 is 0 Å². The van der Waals surface area contributed by atoms with Crippen LogP contribution in [0.15, 0.2) is 42.5 Å². The number of halogens is 3. The molecule has 0 saturated carbocycles. The molecule has 1 aromatic heterocycles. The molecule has 3 rings (SSSR count). The van der Waals surface area contributed by atoms with Crippen molar-refractivity contribution in [2.45, 2.75) is 13.6 Å². The Morgan fingerprint density at radius 2 is 2.04 bits per heavy atom. The van der Waals surface area contributed by atoms with Gasteiger partial charge in [0.15, 0.2) is 0 Å². The Morgan fingerprint density at radius 1 is 1.28 bits per heavy atom. The third-order valence-corrected chi connectivity index (χ3v) is 4.86. The van der Waals surface area contributed by atoms with Crippen molar-refractivity contribution in [3.63, 3.8) is 0 Å². The van der Waals surface area contributed by atoms with Crippen LogP contribution in [0.4, 0.5) is 14.5 Å². The number of thiazole rings is 1. The number of para-hydroxylation sites is 1. The number of amides is 1. The van der Waals surface area contributed by atoms with Crippen LogP contribution in [0.2, 0.25) is 5.02 Å². The van der Waals surface area contributed by atoms with Gasteiger partial charge in [-0.05, 0) is 30.7 Å². The number of alkyl halides is 1. The lowest BCUT2D eigenvalue weighted by molar-refractivity contribution is 0.102. The molecule has 0 fully saturated rings. The first-order valence-electron chi connectivity index (χ1n) is 7.37. The summed E-state index contributed by atoms with van der Waals surface area (Å²) >= 11 is 6.85. The van der Waals surface area contributed by atoms with Gasteiger partial charge in [-0.2, -0.15) is 0 Å². The summed E-state index contributed by atoms with van der Waals surface area (Å²) in [5.74, 6) is -0.988. The fourth-order valence-electron chi connectivity index (χ4n) is 2.42. The molecule has 0 aliphatic carbocycles. The number of aromatic nitrogens is 1. The first-order valence-corrected chi connectivity index (χ1v) is 8.57. The number of benzene rings is 2. The summed E-state index contributed by atoms with van der Waals surface area (Å²) in [4.78, 5) is 16.8. The van der Waals surface area contributed by atoms with Crippen molar-refractivity contribution in [2.24, 2.45) is 0 Å². The van der Waals surface area contributed by atoms with Gasteiger partial charge in [-0.25, -0.2) is 13.8 Å². The number of nitrogens with one attached hydrogen (secondary N) is 1. The fraction of sp³-hybridized carbons (Fsp3) is 0.111. The minimum Gasteiger partial charge on any atom is -0.321 e. The SMILES string of the molecule is Cc1nc(CF)c(C(=O)Nc2ccccc2-c2ccc(Cl)c(F)c2)s1. The Labute approximate surface area is 152 Å². The van der Waals surface area contributed by atoms with Crippen LogP contribution in [0.3, 0.4) is 0 Å². The van der Waals surface area contributed by atoms with E-state index < -0.39 is 18.4 Å². The third kappa shape index (κ3) is 3.70. The first-order chi connectivity index (χ1) is 12.0. The predicted molar refractivity (Wildman–Crippen MR) is 96.5 cm³/mol. The van der Waals surface area contributed by atoms with Crippen LogP contribution < -0.4 is 5.32 Å². The first kappa shape index (κ1) is 17.5. The maximum Gasteiger partial charge on any atom is 0.267 e. The van der Waals surface area contributed by atoms with Gasteiger partial charge in [-0.15, -0.1) is 11.3 Å². The summed E-state index contributed by atoms with van der Waals surface area (Å²) in [6.45, 7) is 0.905. The summed E-state index contributed by atoms with van der Waals surface area (Å²) in [6.07, 6.45) is 0. The maximum absolute atomic E-state index is 13.8. The van der Waals surface area contributed by atoms with Gasteiger partial charge in [-0.1, -0.05) is 35.9 Å². The molecule has 2 aromatic carbocycles. The maximum atomic E-state index is 13.8. The number of carbonyl (C=O) groups excluding carboxylic acids is 1. The highest BCUT2D eigenvalue weighted by molar-refractivity contribution is 7.13. The minimum absolute atomic E-state index is 0.0259. The van der Waals surface area contributed by atoms with E-state index in [1.54, 1.807) is 37.3 Å². The molecule has 3 nitrogen and oxygen atoms in total. The quantitative estimate of drug-likeness (QED) is 0.639. The molecule has 0 radical (unpaired) electrons. The fourth-order valence-corrected chi connectivity index (χ4v) is 3.36. The highest BCUT2D eigenvalue weighted by atomic mass is 35.5. The molecule has 0 atom stereocenters. The van der Waals surface area contributed by atoms with E-state index in [9.17, 15) is 13.6 Å². The van der Waals surface area contributed by atoms with Crippen molar-refractivity contribution in [3.05, 3.63) is 68.9 Å². The van der Waals surface area contributed by atoms with Crippen molar-refractivity contribution in [1.82, 2.24) is 4.98 Å². The van der Waals surface area contributed by atoms with Gasteiger partial charge in [0.1, 0.15) is 17.4 Å². The van der Waals surface area contributed by atoms with Crippen LogP contribution >= 0.6 is 22.9 Å². The standard InChI is InChI=1S/C18H13ClF2N2OS/c1-10-22-16(9-20)17(25-10)18(24)23-15-5-3-2-4-12(15)11-6-7-13(19)14(21)8-11/h2-8H,9H2,1H3,(H,23,24). The molecule has 0 unspecified atom stereocenters. The molecular weight excluding hydrogens is 366 g/mol. The van der Waals surface area contributed by atoms with Crippen molar-refractivity contribution in [1.29, 1.82) is 0 Å². The van der Waals surface area contributed by atoms with E-state index in [0.717, 1.165) is 11.3 Å². The van der Waals surface area contributed by atoms with Crippen LogP contribution in [0.25, 0.3) is 11.1 Å². The predicted octanol–water partition coefficient (Wildman–Crippen LogP) is 5.63. The van der Waals surface area contributed by atoms with Crippen LogP contribution in [0.5, 0.6) is 0 Å². The molecule has 1 amide bonds. The van der Waals surface area contributed by atoms with Crippen LogP contribution in [0, 0.1) is 12.7 Å². The van der Waals surface area contributed by atoms with E-state index in [2.05, 4.69) is 10.3 Å². The molecule has 128 valence electrons. The van der Waals surface area contributed by atoms with Gasteiger partial charge in [-0.3, -0.25) is 4.79 Å². The van der Waals surface area contributed by atoms with E-state index in [0.29, 0.717) is 21.8 Å². The molecule has 3 aromatic rings. The highest BCUT2D eigenvalue weighted by Crippen LogP contribution is 2.31. The van der Waals surface area contributed by atoms with Gasteiger partial charge < -0.3 is 5.32 Å². The Bertz CT molecular complexity index is 943. The highest BCUT2D eigenvalue weighted by Gasteiger charge is 2.18. The van der Waals surface area contributed by atoms with Crippen LogP contribution in [0.1, 0.15) is 20.4 Å². The Morgan fingerprint density at radius 3 is 2.76 bits per heavy atom. The van der Waals surface area contributed by atoms with E-state index in [1.165, 1.54) is 12.1 Å². The van der Waals surface area contributed by atoms with Crippen LogP contribution in [-0.2, 0) is 6.67 Å². The van der Waals surface area contributed by atoms with Crippen molar-refractivity contribution in [3.8, 4) is 11.1 Å². The number of anilines is 1. The van der Waals surface area contributed by atoms with Crippen molar-refractivity contribution >= 4 is 34.5 Å². The van der Waals surface area contributed by atoms with Gasteiger partial charge in [0, 0.05) is 11.3 Å². The van der Waals surface area contributed by atoms with E-state index in [1.807, 2.05) is 0 Å². The second-order valence-corrected chi connectivity index (χ2v) is 6.88. The number of aryl methyl sites for hydroxylation is 1. The molecule has 1 heterocycles. The van der Waals surface area contributed by atoms with Gasteiger partial charge in [0.2, 0.25) is 0 Å². The lowest BCUT2D eigenvalue weighted by atomic mass is 10.0. The Kier molecular flexibility index (Phi) is 5.11. The minimum atomic E-state index is -0.808. The Balaban J connectivity index is 1.96. The molecule has 25 heavy (non-hydrogen) atoms. The summed E-state index contributed by atoms with van der Waals surface area (Å²) in [5.41, 5.74) is 1.82. The number of nitrogens with zero attached hydrogens (tertiary/aromatic N) is 1. The number of hydrogen-bond acceptors (Lipinski definition) is 3. The zero-order valence-corrected chi connectivity index (χ0v) is 14.7. The molecule has 7 heteroatoms. The number of rotatable bonds is 4. The second-order valence-electron chi connectivity index (χ2n) is 5.27. The topological polar surface area (TPSA) is 42.0 Å². The molecule has 0 aliphatic rings. The largest absolute Gasteiger partial charge is 0.321 e. The summed E-state index contributed by atoms with van der Waals surface area (Å²) in [7, 11) is 0. The van der Waals surface area contributed by atoms with Crippen LogP contribution in [-0.4, -0.2) is 10.9 Å². The van der Waals surface area contributed by atoms with E-state index in [4.69, 9.17) is 11.6 Å². The van der Waals surface area contributed by atoms with Gasteiger partial charge in [0.25, 0.3) is 5.91 Å². The molecule has 0 spiro atoms. The summed E-state index contributed by atoms with van der Waals surface area (Å²) in [6, 6.07) is 11.4. The van der Waals surface area contributed by atoms with Crippen molar-refractivity contribution < 1.29 is 13.6 Å². The van der Waals surface area contributed by atoms with Gasteiger partial charge >= 0.3 is 0 Å². The van der Waals surface area contributed by atoms with E-state index in [-0.39, 0.29) is 15.6 Å². The Hall–Kier alpha value is -2.31. The van der Waals surface area contributed by atoms with Crippen molar-refractivity contribution in [2.75, 3.05) is 5.32 Å². The zero-order chi connectivity index (χ0) is 18.0. The summed E-state index contributed by atoms with van der Waals surface area (Å²) in [5, 5.41) is 3.40. The third-order valence-electron chi connectivity index (χ3n) is 3.54. The molecule has 1 N–H and O–H groups in total. The smallest absolute Gasteiger partial charge is 0.267 e. The average molecular weight is 379 g/mol. The average Bonchev–Trinajstić information content (AvgIpc) is 2.99. The zero-order valence-electron chi connectivity index (χ0n) is 13.1. The number of carbonyl (C=O) groups is 1. The molecule has 0 aliphatic heterocycles. The monoisotopic (exact) mass is 378 g/mol.